The third kappa shape index (κ3) is 3.37. The molecule has 0 saturated carbocycles. The van der Waals surface area contributed by atoms with Gasteiger partial charge in [0.05, 0.1) is 6.61 Å². The Labute approximate surface area is 162 Å². The molecular formula is C24H30N2O. The van der Waals surface area contributed by atoms with Gasteiger partial charge in [0.2, 0.25) is 0 Å². The SMILES string of the molecule is CCOc1ccc2c(c1)c1c(n2CCc2ccc(C)cc2)CCN(C)C1C. The highest BCUT2D eigenvalue weighted by atomic mass is 16.5. The Hall–Kier alpha value is -2.26. The van der Waals surface area contributed by atoms with Crippen LogP contribution in [0.5, 0.6) is 5.75 Å². The van der Waals surface area contributed by atoms with E-state index in [0.29, 0.717) is 12.6 Å². The number of fused-ring (bicyclic) bond motifs is 3. The fourth-order valence-electron chi connectivity index (χ4n) is 4.35. The van der Waals surface area contributed by atoms with Crippen LogP contribution >= 0.6 is 0 Å². The van der Waals surface area contributed by atoms with E-state index in [-0.39, 0.29) is 0 Å². The lowest BCUT2D eigenvalue weighted by molar-refractivity contribution is 0.245. The van der Waals surface area contributed by atoms with Crippen molar-refractivity contribution in [3.05, 3.63) is 64.8 Å². The van der Waals surface area contributed by atoms with Crippen LogP contribution in [0.1, 0.15) is 42.3 Å². The predicted octanol–water partition coefficient (Wildman–Crippen LogP) is 5.14. The maximum atomic E-state index is 5.79. The van der Waals surface area contributed by atoms with E-state index in [0.717, 1.165) is 31.7 Å². The van der Waals surface area contributed by atoms with Crippen LogP contribution in [0.3, 0.4) is 0 Å². The number of hydrogen-bond donors (Lipinski definition) is 0. The van der Waals surface area contributed by atoms with Crippen molar-refractivity contribution in [1.29, 1.82) is 0 Å². The van der Waals surface area contributed by atoms with Crippen LogP contribution < -0.4 is 4.74 Å². The minimum Gasteiger partial charge on any atom is -0.494 e. The number of aromatic nitrogens is 1. The molecule has 0 radical (unpaired) electrons. The lowest BCUT2D eigenvalue weighted by atomic mass is 9.97. The summed E-state index contributed by atoms with van der Waals surface area (Å²) in [6.07, 6.45) is 2.18. The standard InChI is InChI=1S/C24H30N2O/c1-5-27-20-10-11-22-21(16-20)24-18(3)25(4)14-13-23(24)26(22)15-12-19-8-6-17(2)7-9-19/h6-11,16,18H,5,12-15H2,1-4H3. The second-order valence-electron chi connectivity index (χ2n) is 7.77. The molecule has 142 valence electrons. The van der Waals surface area contributed by atoms with Gasteiger partial charge < -0.3 is 9.30 Å². The van der Waals surface area contributed by atoms with Gasteiger partial charge in [-0.15, -0.1) is 0 Å². The third-order valence-corrected chi connectivity index (χ3v) is 6.02. The van der Waals surface area contributed by atoms with E-state index in [1.54, 1.807) is 0 Å². The number of hydrogen-bond acceptors (Lipinski definition) is 2. The Bertz CT molecular complexity index is 939. The molecule has 3 nitrogen and oxygen atoms in total. The third-order valence-electron chi connectivity index (χ3n) is 6.02. The quantitative estimate of drug-likeness (QED) is 0.625. The second-order valence-corrected chi connectivity index (χ2v) is 7.77. The Morgan fingerprint density at radius 1 is 1.11 bits per heavy atom. The van der Waals surface area contributed by atoms with Crippen molar-refractivity contribution in [2.75, 3.05) is 20.2 Å². The van der Waals surface area contributed by atoms with E-state index >= 15 is 0 Å². The van der Waals surface area contributed by atoms with Gasteiger partial charge in [-0.2, -0.15) is 0 Å². The van der Waals surface area contributed by atoms with E-state index < -0.39 is 0 Å². The molecular weight excluding hydrogens is 332 g/mol. The number of rotatable bonds is 5. The molecule has 4 rings (SSSR count). The molecule has 2 heterocycles. The van der Waals surface area contributed by atoms with Gasteiger partial charge >= 0.3 is 0 Å². The summed E-state index contributed by atoms with van der Waals surface area (Å²) >= 11 is 0. The van der Waals surface area contributed by atoms with Crippen LogP contribution in [-0.4, -0.2) is 29.7 Å². The number of benzene rings is 2. The Kier molecular flexibility index (Phi) is 4.96. The molecule has 1 aromatic heterocycles. The molecule has 0 fully saturated rings. The highest BCUT2D eigenvalue weighted by Gasteiger charge is 2.28. The average Bonchev–Trinajstić information content (AvgIpc) is 2.98. The van der Waals surface area contributed by atoms with Gasteiger partial charge in [-0.1, -0.05) is 29.8 Å². The highest BCUT2D eigenvalue weighted by Crippen LogP contribution is 2.38. The van der Waals surface area contributed by atoms with Gasteiger partial charge in [0, 0.05) is 42.1 Å². The van der Waals surface area contributed by atoms with E-state index in [2.05, 4.69) is 72.8 Å². The van der Waals surface area contributed by atoms with Crippen molar-refractivity contribution in [1.82, 2.24) is 9.47 Å². The smallest absolute Gasteiger partial charge is 0.120 e. The van der Waals surface area contributed by atoms with Crippen LogP contribution in [0, 0.1) is 6.92 Å². The molecule has 3 aromatic rings. The molecule has 2 aromatic carbocycles. The van der Waals surface area contributed by atoms with Gasteiger partial charge in [-0.05, 0) is 63.6 Å². The summed E-state index contributed by atoms with van der Waals surface area (Å²) in [6.45, 7) is 9.37. The van der Waals surface area contributed by atoms with Crippen LogP contribution in [-0.2, 0) is 19.4 Å². The maximum Gasteiger partial charge on any atom is 0.120 e. The van der Waals surface area contributed by atoms with Gasteiger partial charge in [0.25, 0.3) is 0 Å². The molecule has 1 atom stereocenters. The highest BCUT2D eigenvalue weighted by molar-refractivity contribution is 5.87. The summed E-state index contributed by atoms with van der Waals surface area (Å²) in [7, 11) is 2.23. The van der Waals surface area contributed by atoms with Gasteiger partial charge in [0.1, 0.15) is 5.75 Å². The fraction of sp³-hybridized carbons (Fsp3) is 0.417. The molecule has 0 bridgehead atoms. The van der Waals surface area contributed by atoms with Gasteiger partial charge in [-0.3, -0.25) is 4.90 Å². The second kappa shape index (κ2) is 7.40. The summed E-state index contributed by atoms with van der Waals surface area (Å²) in [6, 6.07) is 16.0. The topological polar surface area (TPSA) is 17.4 Å². The summed E-state index contributed by atoms with van der Waals surface area (Å²) < 4.78 is 8.35. The Balaban J connectivity index is 1.76. The average molecular weight is 363 g/mol. The monoisotopic (exact) mass is 362 g/mol. The van der Waals surface area contributed by atoms with E-state index in [9.17, 15) is 0 Å². The van der Waals surface area contributed by atoms with Crippen molar-refractivity contribution in [3.8, 4) is 5.75 Å². The van der Waals surface area contributed by atoms with Crippen LogP contribution in [0.4, 0.5) is 0 Å². The molecule has 1 aliphatic rings. The first-order valence-corrected chi connectivity index (χ1v) is 10.1. The molecule has 0 spiro atoms. The van der Waals surface area contributed by atoms with Crippen molar-refractivity contribution >= 4 is 10.9 Å². The molecule has 1 unspecified atom stereocenters. The predicted molar refractivity (Wildman–Crippen MR) is 113 cm³/mol. The molecule has 0 amide bonds. The lowest BCUT2D eigenvalue weighted by Crippen LogP contribution is -2.31. The number of aryl methyl sites for hydroxylation is 3. The molecule has 27 heavy (non-hydrogen) atoms. The first-order valence-electron chi connectivity index (χ1n) is 10.1. The zero-order valence-electron chi connectivity index (χ0n) is 17.0. The molecule has 0 saturated heterocycles. The van der Waals surface area contributed by atoms with Crippen LogP contribution in [0.2, 0.25) is 0 Å². The van der Waals surface area contributed by atoms with Crippen molar-refractivity contribution < 1.29 is 4.74 Å². The minimum absolute atomic E-state index is 0.439. The van der Waals surface area contributed by atoms with E-state index in [4.69, 9.17) is 4.74 Å². The first kappa shape index (κ1) is 18.1. The van der Waals surface area contributed by atoms with Crippen molar-refractivity contribution in [3.63, 3.8) is 0 Å². The van der Waals surface area contributed by atoms with E-state index in [1.807, 2.05) is 6.92 Å². The Morgan fingerprint density at radius 3 is 2.63 bits per heavy atom. The van der Waals surface area contributed by atoms with E-state index in [1.165, 1.54) is 33.3 Å². The largest absolute Gasteiger partial charge is 0.494 e. The van der Waals surface area contributed by atoms with Gasteiger partial charge in [-0.25, -0.2) is 0 Å². The summed E-state index contributed by atoms with van der Waals surface area (Å²) in [5, 5.41) is 1.36. The number of likely N-dealkylation sites (N-methyl/N-ethyl adjacent to an activating group) is 1. The van der Waals surface area contributed by atoms with Crippen molar-refractivity contribution in [2.45, 2.75) is 46.2 Å². The lowest BCUT2D eigenvalue weighted by Gasteiger charge is -2.31. The fourth-order valence-corrected chi connectivity index (χ4v) is 4.35. The van der Waals surface area contributed by atoms with Gasteiger partial charge in [0.15, 0.2) is 0 Å². The molecule has 0 N–H and O–H groups in total. The number of ether oxygens (including phenoxy) is 1. The van der Waals surface area contributed by atoms with Crippen molar-refractivity contribution in [2.24, 2.45) is 0 Å². The zero-order valence-corrected chi connectivity index (χ0v) is 17.0. The summed E-state index contributed by atoms with van der Waals surface area (Å²) in [4.78, 5) is 2.46. The summed E-state index contributed by atoms with van der Waals surface area (Å²) in [5.74, 6) is 0.976. The zero-order chi connectivity index (χ0) is 19.0. The molecule has 1 aliphatic heterocycles. The molecule has 0 aliphatic carbocycles. The first-order chi connectivity index (χ1) is 13.1. The Morgan fingerprint density at radius 2 is 1.89 bits per heavy atom. The van der Waals surface area contributed by atoms with Crippen LogP contribution in [0.25, 0.3) is 10.9 Å². The summed E-state index contributed by atoms with van der Waals surface area (Å²) in [5.41, 5.74) is 7.07. The van der Waals surface area contributed by atoms with Crippen LogP contribution in [0.15, 0.2) is 42.5 Å². The maximum absolute atomic E-state index is 5.79. The minimum atomic E-state index is 0.439. The normalized spacial score (nSPS) is 17.3. The molecule has 3 heteroatoms. The number of nitrogens with zero attached hydrogens (tertiary/aromatic N) is 2.